The van der Waals surface area contributed by atoms with E-state index < -0.39 is 17.8 Å². The van der Waals surface area contributed by atoms with Crippen LogP contribution in [0.1, 0.15) is 51.4 Å². The van der Waals surface area contributed by atoms with Crippen molar-refractivity contribution >= 4 is 28.3 Å². The summed E-state index contributed by atoms with van der Waals surface area (Å²) in [5, 5.41) is 13.7. The van der Waals surface area contributed by atoms with Crippen molar-refractivity contribution < 1.29 is 22.8 Å². The van der Waals surface area contributed by atoms with Crippen LogP contribution in [0.3, 0.4) is 0 Å². The number of halogens is 3. The maximum atomic E-state index is 13.3. The van der Waals surface area contributed by atoms with E-state index in [1.807, 2.05) is 0 Å². The number of hydrogen-bond acceptors (Lipinski definition) is 5. The average Bonchev–Trinajstić information content (AvgIpc) is 3.33. The van der Waals surface area contributed by atoms with Gasteiger partial charge in [0, 0.05) is 18.3 Å². The molecule has 0 saturated heterocycles. The van der Waals surface area contributed by atoms with Crippen molar-refractivity contribution in [2.24, 2.45) is 5.92 Å². The molecule has 8 nitrogen and oxygen atoms in total. The lowest BCUT2D eigenvalue weighted by Gasteiger charge is -2.25. The molecule has 0 spiro atoms. The molecule has 1 fully saturated rings. The summed E-state index contributed by atoms with van der Waals surface area (Å²) in [6, 6.07) is 13.6. The Labute approximate surface area is 209 Å². The third-order valence-electron chi connectivity index (χ3n) is 6.47. The van der Waals surface area contributed by atoms with Crippen LogP contribution in [0.15, 0.2) is 60.9 Å². The first-order valence-corrected chi connectivity index (χ1v) is 11.8. The van der Waals surface area contributed by atoms with Gasteiger partial charge in [-0.1, -0.05) is 42.0 Å². The molecule has 2 aromatic heterocycles. The molecule has 11 heteroatoms. The predicted molar refractivity (Wildman–Crippen MR) is 130 cm³/mol. The third kappa shape index (κ3) is 5.30. The molecule has 37 heavy (non-hydrogen) atoms. The van der Waals surface area contributed by atoms with Gasteiger partial charge in [0.15, 0.2) is 11.4 Å². The van der Waals surface area contributed by atoms with E-state index in [0.717, 1.165) is 23.7 Å². The minimum atomic E-state index is -4.58. The summed E-state index contributed by atoms with van der Waals surface area (Å²) in [5.74, 6) is -0.314. The molecule has 5 rings (SSSR count). The van der Waals surface area contributed by atoms with Gasteiger partial charge in [0.2, 0.25) is 0 Å². The smallest absolute Gasteiger partial charge is 0.350 e. The van der Waals surface area contributed by atoms with Gasteiger partial charge in [0.25, 0.3) is 11.8 Å². The van der Waals surface area contributed by atoms with E-state index in [1.165, 1.54) is 12.6 Å². The quantitative estimate of drug-likeness (QED) is 0.378. The van der Waals surface area contributed by atoms with E-state index in [9.17, 15) is 22.8 Å². The number of carbonyl (C=O) groups excluding carboxylic acids is 2. The molecule has 190 valence electrons. The number of amides is 2. The number of aromatic nitrogens is 4. The van der Waals surface area contributed by atoms with Crippen LogP contribution in [0.25, 0.3) is 10.8 Å². The van der Waals surface area contributed by atoms with Gasteiger partial charge in [-0.05, 0) is 53.3 Å². The van der Waals surface area contributed by atoms with Crippen LogP contribution in [-0.4, -0.2) is 38.3 Å². The topological polar surface area (TPSA) is 102 Å². The van der Waals surface area contributed by atoms with E-state index in [-0.39, 0.29) is 23.8 Å². The summed E-state index contributed by atoms with van der Waals surface area (Å²) in [6.07, 6.45) is 1.11. The Balaban J connectivity index is 1.38. The largest absolute Gasteiger partial charge is 0.436 e. The lowest BCUT2D eigenvalue weighted by atomic mass is 9.85. The first-order valence-electron chi connectivity index (χ1n) is 11.8. The number of pyridine rings is 1. The average molecular weight is 509 g/mol. The van der Waals surface area contributed by atoms with E-state index in [1.54, 1.807) is 48.5 Å². The van der Waals surface area contributed by atoms with Crippen LogP contribution >= 0.6 is 0 Å². The van der Waals surface area contributed by atoms with Gasteiger partial charge in [-0.2, -0.15) is 13.2 Å². The zero-order chi connectivity index (χ0) is 26.0. The monoisotopic (exact) mass is 508 g/mol. The van der Waals surface area contributed by atoms with Gasteiger partial charge in [0.1, 0.15) is 0 Å². The highest BCUT2D eigenvalue weighted by molar-refractivity contribution is 6.15. The summed E-state index contributed by atoms with van der Waals surface area (Å²) in [4.78, 5) is 30.2. The molecule has 1 aliphatic rings. The summed E-state index contributed by atoms with van der Waals surface area (Å²) in [7, 11) is 0. The first kappa shape index (κ1) is 24.4. The van der Waals surface area contributed by atoms with Gasteiger partial charge in [0.05, 0.1) is 18.4 Å². The molecule has 2 aromatic carbocycles. The fourth-order valence-corrected chi connectivity index (χ4v) is 4.27. The summed E-state index contributed by atoms with van der Waals surface area (Å²) in [5.41, 5.74) is 0.357. The molecule has 2 N–H and O–H groups in total. The number of nitrogens with zero attached hydrogens (tertiary/aromatic N) is 4. The van der Waals surface area contributed by atoms with E-state index in [2.05, 4.69) is 25.9 Å². The van der Waals surface area contributed by atoms with Gasteiger partial charge in [-0.3, -0.25) is 9.59 Å². The number of rotatable bonds is 7. The fourth-order valence-electron chi connectivity index (χ4n) is 4.27. The van der Waals surface area contributed by atoms with Crippen molar-refractivity contribution in [1.29, 1.82) is 0 Å². The van der Waals surface area contributed by atoms with Crippen LogP contribution < -0.4 is 10.6 Å². The standard InChI is InChI=1S/C26H23F3N6O2/c27-26(28,29)22-15-35(34-33-22)14-17-10-11-20(19-8-2-1-7-18(17)19)24(36)32-21-9-4-12-30-23(21)25(37)31-13-16-5-3-6-16/h1-2,4,7-12,15-16H,3,5-6,13-14H2,(H,31,37)(H,32,36). The lowest BCUT2D eigenvalue weighted by Crippen LogP contribution is -2.33. The molecule has 0 aliphatic heterocycles. The van der Waals surface area contributed by atoms with Crippen molar-refractivity contribution in [3.05, 3.63) is 83.4 Å². The Morgan fingerprint density at radius 3 is 2.49 bits per heavy atom. The highest BCUT2D eigenvalue weighted by Crippen LogP contribution is 2.29. The van der Waals surface area contributed by atoms with E-state index in [4.69, 9.17) is 0 Å². The van der Waals surface area contributed by atoms with Gasteiger partial charge < -0.3 is 10.6 Å². The normalized spacial score (nSPS) is 13.8. The van der Waals surface area contributed by atoms with Gasteiger partial charge >= 0.3 is 6.18 Å². The van der Waals surface area contributed by atoms with Crippen molar-refractivity contribution in [2.45, 2.75) is 32.0 Å². The summed E-state index contributed by atoms with van der Waals surface area (Å²) >= 11 is 0. The molecule has 0 bridgehead atoms. The van der Waals surface area contributed by atoms with Crippen molar-refractivity contribution in [1.82, 2.24) is 25.3 Å². The second-order valence-electron chi connectivity index (χ2n) is 8.98. The second kappa shape index (κ2) is 10.00. The molecular weight excluding hydrogens is 485 g/mol. The van der Waals surface area contributed by atoms with Crippen LogP contribution in [0.5, 0.6) is 0 Å². The zero-order valence-corrected chi connectivity index (χ0v) is 19.6. The molecule has 2 amide bonds. The lowest BCUT2D eigenvalue weighted by molar-refractivity contribution is -0.141. The fraction of sp³-hybridized carbons (Fsp3) is 0.269. The number of alkyl halides is 3. The molecular formula is C26H23F3N6O2. The van der Waals surface area contributed by atoms with E-state index in [0.29, 0.717) is 34.4 Å². The maximum Gasteiger partial charge on any atom is 0.436 e. The molecule has 1 aliphatic carbocycles. The summed E-state index contributed by atoms with van der Waals surface area (Å²) in [6.45, 7) is 0.616. The number of carbonyl (C=O) groups is 2. The van der Waals surface area contributed by atoms with Crippen molar-refractivity contribution in [3.8, 4) is 0 Å². The molecule has 1 saturated carbocycles. The Morgan fingerprint density at radius 1 is 1.00 bits per heavy atom. The Morgan fingerprint density at radius 2 is 1.78 bits per heavy atom. The number of fused-ring (bicyclic) bond motifs is 1. The number of anilines is 1. The predicted octanol–water partition coefficient (Wildman–Crippen LogP) is 4.68. The van der Waals surface area contributed by atoms with Crippen molar-refractivity contribution in [3.63, 3.8) is 0 Å². The Bertz CT molecular complexity index is 1460. The maximum absolute atomic E-state index is 13.3. The van der Waals surface area contributed by atoms with E-state index >= 15 is 0 Å². The highest BCUT2D eigenvalue weighted by atomic mass is 19.4. The summed E-state index contributed by atoms with van der Waals surface area (Å²) < 4.78 is 39.8. The molecule has 2 heterocycles. The van der Waals surface area contributed by atoms with Crippen LogP contribution in [0, 0.1) is 5.92 Å². The van der Waals surface area contributed by atoms with Gasteiger partial charge in [-0.25, -0.2) is 9.67 Å². The third-order valence-corrected chi connectivity index (χ3v) is 6.47. The van der Waals surface area contributed by atoms with Crippen LogP contribution in [-0.2, 0) is 12.7 Å². The Hall–Kier alpha value is -4.28. The zero-order valence-electron chi connectivity index (χ0n) is 19.6. The van der Waals surface area contributed by atoms with Crippen molar-refractivity contribution in [2.75, 3.05) is 11.9 Å². The first-order chi connectivity index (χ1) is 17.8. The minimum Gasteiger partial charge on any atom is -0.350 e. The molecule has 0 radical (unpaired) electrons. The van der Waals surface area contributed by atoms with Gasteiger partial charge in [-0.15, -0.1) is 5.10 Å². The molecule has 0 atom stereocenters. The number of benzene rings is 2. The Kier molecular flexibility index (Phi) is 6.60. The number of nitrogens with one attached hydrogen (secondary N) is 2. The van der Waals surface area contributed by atoms with Crippen LogP contribution in [0.2, 0.25) is 0 Å². The highest BCUT2D eigenvalue weighted by Gasteiger charge is 2.34. The number of hydrogen-bond donors (Lipinski definition) is 2. The van der Waals surface area contributed by atoms with Crippen LogP contribution in [0.4, 0.5) is 18.9 Å². The molecule has 4 aromatic rings. The SMILES string of the molecule is O=C(NCC1CCC1)c1ncccc1NC(=O)c1ccc(Cn2cc(C(F)(F)F)nn2)c2ccccc12. The minimum absolute atomic E-state index is 0.0411. The molecule has 0 unspecified atom stereocenters. The second-order valence-corrected chi connectivity index (χ2v) is 8.98.